The molecule has 0 fully saturated rings. The second-order valence-electron chi connectivity index (χ2n) is 7.19. The van der Waals surface area contributed by atoms with Gasteiger partial charge in [0.1, 0.15) is 11.5 Å². The minimum atomic E-state index is -0.416. The summed E-state index contributed by atoms with van der Waals surface area (Å²) in [5.74, 6) is 0.590. The molecule has 0 atom stereocenters. The molecule has 0 saturated carbocycles. The van der Waals surface area contributed by atoms with Crippen molar-refractivity contribution in [2.75, 3.05) is 13.2 Å². The van der Waals surface area contributed by atoms with Crippen LogP contribution in [0.25, 0.3) is 0 Å². The van der Waals surface area contributed by atoms with Crippen LogP contribution in [0.3, 0.4) is 0 Å². The minimum absolute atomic E-state index is 0.401. The van der Waals surface area contributed by atoms with E-state index in [9.17, 15) is 9.59 Å². The number of carbonyl (C=O) groups excluding carboxylic acids is 2. The number of carbonyl (C=O) groups is 2. The lowest BCUT2D eigenvalue weighted by atomic mass is 10.2. The van der Waals surface area contributed by atoms with Gasteiger partial charge in [-0.15, -0.1) is 0 Å². The fraction of sp³-hybridized carbons (Fsp3) is 0.417. The lowest BCUT2D eigenvalue weighted by molar-refractivity contribution is 0.0846. The van der Waals surface area contributed by atoms with Crippen molar-refractivity contribution in [1.29, 1.82) is 0 Å². The molecule has 0 aliphatic rings. The molecule has 2 aromatic rings. The lowest BCUT2D eigenvalue weighted by Gasteiger charge is -2.11. The number of nitrogens with one attached hydrogen (secondary N) is 2. The Kier molecular flexibility index (Phi) is 10.9. The van der Waals surface area contributed by atoms with E-state index in [1.54, 1.807) is 42.5 Å². The third-order valence-corrected chi connectivity index (χ3v) is 5.24. The van der Waals surface area contributed by atoms with Crippen LogP contribution in [0.5, 0.6) is 11.5 Å². The fourth-order valence-electron chi connectivity index (χ4n) is 2.76. The van der Waals surface area contributed by atoms with Crippen LogP contribution in [0.15, 0.2) is 46.9 Å². The second-order valence-corrected chi connectivity index (χ2v) is 8.04. The van der Waals surface area contributed by atoms with Gasteiger partial charge in [-0.3, -0.25) is 20.4 Å². The Morgan fingerprint density at radius 3 is 2.03 bits per heavy atom. The first-order valence-corrected chi connectivity index (χ1v) is 11.6. The smallest absolute Gasteiger partial charge is 0.269 e. The Morgan fingerprint density at radius 1 is 0.774 bits per heavy atom. The van der Waals surface area contributed by atoms with E-state index in [0.29, 0.717) is 34.6 Å². The van der Waals surface area contributed by atoms with Gasteiger partial charge < -0.3 is 9.47 Å². The molecule has 6 nitrogen and oxygen atoms in total. The Morgan fingerprint density at radius 2 is 1.39 bits per heavy atom. The largest absolute Gasteiger partial charge is 0.494 e. The minimum Gasteiger partial charge on any atom is -0.494 e. The van der Waals surface area contributed by atoms with E-state index in [0.717, 1.165) is 31.4 Å². The van der Waals surface area contributed by atoms with Crippen molar-refractivity contribution in [3.63, 3.8) is 0 Å². The number of benzene rings is 2. The molecular formula is C24H31BrN2O4. The maximum Gasteiger partial charge on any atom is 0.269 e. The number of hydrogen-bond acceptors (Lipinski definition) is 4. The molecule has 0 unspecified atom stereocenters. The first-order chi connectivity index (χ1) is 15.0. The molecule has 0 bridgehead atoms. The second kappa shape index (κ2) is 13.7. The van der Waals surface area contributed by atoms with Gasteiger partial charge in [0.05, 0.1) is 17.7 Å². The van der Waals surface area contributed by atoms with Crippen LogP contribution in [0, 0.1) is 0 Å². The lowest BCUT2D eigenvalue weighted by Crippen LogP contribution is -2.41. The Balaban J connectivity index is 1.81. The van der Waals surface area contributed by atoms with Gasteiger partial charge in [-0.25, -0.2) is 0 Å². The first kappa shape index (κ1) is 24.7. The number of halogens is 1. The number of unbranched alkanes of at least 4 members (excludes halogenated alkanes) is 4. The van der Waals surface area contributed by atoms with Crippen molar-refractivity contribution in [2.24, 2.45) is 0 Å². The van der Waals surface area contributed by atoms with E-state index in [-0.39, 0.29) is 0 Å². The van der Waals surface area contributed by atoms with Gasteiger partial charge in [0.15, 0.2) is 0 Å². The van der Waals surface area contributed by atoms with Crippen molar-refractivity contribution >= 4 is 27.7 Å². The summed E-state index contributed by atoms with van der Waals surface area (Å²) in [6.07, 6.45) is 6.59. The molecule has 0 aliphatic heterocycles. The van der Waals surface area contributed by atoms with Crippen molar-refractivity contribution in [3.05, 3.63) is 58.1 Å². The van der Waals surface area contributed by atoms with Crippen LogP contribution in [0.4, 0.5) is 0 Å². The molecular weight excluding hydrogens is 460 g/mol. The van der Waals surface area contributed by atoms with E-state index < -0.39 is 11.8 Å². The summed E-state index contributed by atoms with van der Waals surface area (Å²) < 4.78 is 12.0. The summed E-state index contributed by atoms with van der Waals surface area (Å²) in [6.45, 7) is 5.56. The standard InChI is InChI=1S/C24H31BrN2O4/c1-3-5-7-8-16-30-20-12-9-18(10-13-20)23(28)26-27-24(29)19-11-14-22(21(25)17-19)31-15-6-4-2/h9-14,17H,3-8,15-16H2,1-2H3,(H,26,28)(H,27,29). The van der Waals surface area contributed by atoms with Crippen molar-refractivity contribution < 1.29 is 19.1 Å². The van der Waals surface area contributed by atoms with Gasteiger partial charge >= 0.3 is 0 Å². The summed E-state index contributed by atoms with van der Waals surface area (Å²) in [5, 5.41) is 0. The normalized spacial score (nSPS) is 10.4. The van der Waals surface area contributed by atoms with Gasteiger partial charge in [-0.1, -0.05) is 39.5 Å². The van der Waals surface area contributed by atoms with Gasteiger partial charge in [0, 0.05) is 11.1 Å². The molecule has 168 valence electrons. The van der Waals surface area contributed by atoms with Crippen LogP contribution in [0.2, 0.25) is 0 Å². The van der Waals surface area contributed by atoms with E-state index in [2.05, 4.69) is 40.6 Å². The van der Waals surface area contributed by atoms with Crippen molar-refractivity contribution in [1.82, 2.24) is 10.9 Å². The fourth-order valence-corrected chi connectivity index (χ4v) is 3.26. The molecule has 2 rings (SSSR count). The van der Waals surface area contributed by atoms with E-state index in [4.69, 9.17) is 9.47 Å². The van der Waals surface area contributed by atoms with Crippen LogP contribution in [0.1, 0.15) is 73.1 Å². The Labute approximate surface area is 192 Å². The Bertz CT molecular complexity index is 840. The Hall–Kier alpha value is -2.54. The zero-order valence-electron chi connectivity index (χ0n) is 18.2. The molecule has 2 N–H and O–H groups in total. The third kappa shape index (κ3) is 8.61. The summed E-state index contributed by atoms with van der Waals surface area (Å²) >= 11 is 3.42. The molecule has 0 heterocycles. The van der Waals surface area contributed by atoms with Crippen molar-refractivity contribution in [2.45, 2.75) is 52.4 Å². The number of hydrogen-bond donors (Lipinski definition) is 2. The third-order valence-electron chi connectivity index (χ3n) is 4.62. The molecule has 7 heteroatoms. The predicted octanol–water partition coefficient (Wildman–Crippen LogP) is 5.66. The molecule has 0 spiro atoms. The average molecular weight is 491 g/mol. The maximum atomic E-state index is 12.3. The topological polar surface area (TPSA) is 76.7 Å². The molecule has 2 amide bonds. The van der Waals surface area contributed by atoms with E-state index in [1.807, 2.05) is 0 Å². The average Bonchev–Trinajstić information content (AvgIpc) is 2.78. The predicted molar refractivity (Wildman–Crippen MR) is 126 cm³/mol. The number of ether oxygens (including phenoxy) is 2. The summed E-state index contributed by atoms with van der Waals surface area (Å²) in [4.78, 5) is 24.6. The van der Waals surface area contributed by atoms with Gasteiger partial charge in [-0.05, 0) is 71.2 Å². The SMILES string of the molecule is CCCCCCOc1ccc(C(=O)NNC(=O)c2ccc(OCCCC)c(Br)c2)cc1. The monoisotopic (exact) mass is 490 g/mol. The molecule has 31 heavy (non-hydrogen) atoms. The molecule has 0 saturated heterocycles. The van der Waals surface area contributed by atoms with Crippen LogP contribution in [-0.4, -0.2) is 25.0 Å². The van der Waals surface area contributed by atoms with Gasteiger partial charge in [-0.2, -0.15) is 0 Å². The van der Waals surface area contributed by atoms with Crippen LogP contribution >= 0.6 is 15.9 Å². The summed E-state index contributed by atoms with van der Waals surface area (Å²) in [7, 11) is 0. The zero-order chi connectivity index (χ0) is 22.5. The molecule has 0 aliphatic carbocycles. The molecule has 0 radical (unpaired) electrons. The van der Waals surface area contributed by atoms with E-state index in [1.165, 1.54) is 12.8 Å². The highest BCUT2D eigenvalue weighted by molar-refractivity contribution is 9.10. The zero-order valence-corrected chi connectivity index (χ0v) is 19.8. The quantitative estimate of drug-likeness (QED) is 0.297. The first-order valence-electron chi connectivity index (χ1n) is 10.8. The van der Waals surface area contributed by atoms with Crippen LogP contribution < -0.4 is 20.3 Å². The highest BCUT2D eigenvalue weighted by Crippen LogP contribution is 2.26. The van der Waals surface area contributed by atoms with Gasteiger partial charge in [0.25, 0.3) is 11.8 Å². The van der Waals surface area contributed by atoms with Gasteiger partial charge in [0.2, 0.25) is 0 Å². The summed E-state index contributed by atoms with van der Waals surface area (Å²) in [6, 6.07) is 11.9. The maximum absolute atomic E-state index is 12.3. The number of hydrazine groups is 1. The highest BCUT2D eigenvalue weighted by atomic mass is 79.9. The number of rotatable bonds is 12. The summed E-state index contributed by atoms with van der Waals surface area (Å²) in [5.41, 5.74) is 5.70. The highest BCUT2D eigenvalue weighted by Gasteiger charge is 2.11. The van der Waals surface area contributed by atoms with Crippen LogP contribution in [-0.2, 0) is 0 Å². The molecule has 0 aromatic heterocycles. The van der Waals surface area contributed by atoms with E-state index >= 15 is 0 Å². The number of amides is 2. The van der Waals surface area contributed by atoms with Crippen molar-refractivity contribution in [3.8, 4) is 11.5 Å². The molecule has 2 aromatic carbocycles.